The largest absolute Gasteiger partial charge is 0.497 e. The fourth-order valence-electron chi connectivity index (χ4n) is 3.44. The van der Waals surface area contributed by atoms with Crippen LogP contribution in [-0.4, -0.2) is 74.6 Å². The van der Waals surface area contributed by atoms with Gasteiger partial charge in [0, 0.05) is 43.5 Å². The van der Waals surface area contributed by atoms with Crippen molar-refractivity contribution in [1.82, 2.24) is 15.1 Å². The van der Waals surface area contributed by atoms with E-state index in [4.69, 9.17) is 9.47 Å². The van der Waals surface area contributed by atoms with Crippen molar-refractivity contribution in [1.29, 1.82) is 0 Å². The average molecular weight is 441 g/mol. The van der Waals surface area contributed by atoms with Gasteiger partial charge < -0.3 is 29.9 Å². The Hall–Kier alpha value is -3.75. The van der Waals surface area contributed by atoms with E-state index in [1.165, 1.54) is 14.2 Å². The third-order valence-corrected chi connectivity index (χ3v) is 5.19. The number of carbonyl (C=O) groups excluding carboxylic acids is 3. The van der Waals surface area contributed by atoms with E-state index in [1.807, 2.05) is 25.1 Å². The number of urea groups is 1. The van der Waals surface area contributed by atoms with Crippen LogP contribution in [0.1, 0.15) is 15.9 Å². The van der Waals surface area contributed by atoms with Gasteiger partial charge in [-0.2, -0.15) is 0 Å². The van der Waals surface area contributed by atoms with Crippen LogP contribution in [0.3, 0.4) is 0 Å². The van der Waals surface area contributed by atoms with Gasteiger partial charge in [0.2, 0.25) is 5.91 Å². The van der Waals surface area contributed by atoms with Crippen LogP contribution in [0.2, 0.25) is 0 Å². The predicted octanol–water partition coefficient (Wildman–Crippen LogP) is 2.12. The summed E-state index contributed by atoms with van der Waals surface area (Å²) in [7, 11) is 3.06. The number of anilines is 1. The quantitative estimate of drug-likeness (QED) is 0.717. The molecule has 9 nitrogen and oxygen atoms in total. The second-order valence-electron chi connectivity index (χ2n) is 7.45. The minimum atomic E-state index is -0.440. The van der Waals surface area contributed by atoms with Crippen molar-refractivity contribution in [2.24, 2.45) is 0 Å². The summed E-state index contributed by atoms with van der Waals surface area (Å²) in [5.41, 5.74) is 2.16. The summed E-state index contributed by atoms with van der Waals surface area (Å²) in [6, 6.07) is 12.0. The Bertz CT molecular complexity index is 964. The number of ether oxygens (including phenoxy) is 2. The van der Waals surface area contributed by atoms with E-state index in [0.29, 0.717) is 48.9 Å². The first-order chi connectivity index (χ1) is 15.4. The Morgan fingerprint density at radius 3 is 2.12 bits per heavy atom. The van der Waals surface area contributed by atoms with E-state index in [2.05, 4.69) is 10.6 Å². The lowest BCUT2D eigenvalue weighted by atomic mass is 10.1. The fourth-order valence-corrected chi connectivity index (χ4v) is 3.44. The highest BCUT2D eigenvalue weighted by Crippen LogP contribution is 2.23. The molecule has 3 rings (SSSR count). The van der Waals surface area contributed by atoms with Gasteiger partial charge in [-0.3, -0.25) is 9.59 Å². The molecule has 0 saturated carbocycles. The van der Waals surface area contributed by atoms with Gasteiger partial charge in [0.15, 0.2) is 0 Å². The van der Waals surface area contributed by atoms with Crippen molar-refractivity contribution in [3.8, 4) is 11.5 Å². The smallest absolute Gasteiger partial charge is 0.319 e. The summed E-state index contributed by atoms with van der Waals surface area (Å²) in [4.78, 5) is 40.7. The molecular weight excluding hydrogens is 412 g/mol. The summed E-state index contributed by atoms with van der Waals surface area (Å²) in [5, 5.41) is 5.29. The summed E-state index contributed by atoms with van der Waals surface area (Å²) >= 11 is 0. The Balaban J connectivity index is 1.48. The normalized spacial score (nSPS) is 13.3. The van der Waals surface area contributed by atoms with Crippen molar-refractivity contribution >= 4 is 23.5 Å². The van der Waals surface area contributed by atoms with Gasteiger partial charge >= 0.3 is 6.03 Å². The second kappa shape index (κ2) is 10.5. The standard InChI is InChI=1S/C23H28N4O5/c1-16-5-4-6-18(11-16)25-23(30)24-15-21(28)26-7-9-27(10-8-26)22(29)17-12-19(31-2)14-20(13-17)32-3/h4-6,11-14H,7-10,15H2,1-3H3,(H2,24,25,30). The number of aryl methyl sites for hydroxylation is 1. The molecule has 0 unspecified atom stereocenters. The van der Waals surface area contributed by atoms with Crippen LogP contribution in [0.5, 0.6) is 11.5 Å². The molecule has 4 amide bonds. The van der Waals surface area contributed by atoms with E-state index in [-0.39, 0.29) is 18.4 Å². The number of nitrogens with zero attached hydrogens (tertiary/aromatic N) is 2. The maximum Gasteiger partial charge on any atom is 0.319 e. The molecule has 9 heteroatoms. The van der Waals surface area contributed by atoms with Crippen molar-refractivity contribution in [2.45, 2.75) is 6.92 Å². The maximum absolute atomic E-state index is 12.9. The molecule has 0 radical (unpaired) electrons. The average Bonchev–Trinajstić information content (AvgIpc) is 2.81. The zero-order valence-corrected chi connectivity index (χ0v) is 18.5. The van der Waals surface area contributed by atoms with Crippen molar-refractivity contribution in [2.75, 3.05) is 52.3 Å². The number of hydrogen-bond donors (Lipinski definition) is 2. The van der Waals surface area contributed by atoms with Crippen LogP contribution in [0.4, 0.5) is 10.5 Å². The lowest BCUT2D eigenvalue weighted by molar-refractivity contribution is -0.131. The molecule has 0 atom stereocenters. The summed E-state index contributed by atoms with van der Waals surface area (Å²) in [5.74, 6) is 0.734. The monoisotopic (exact) mass is 440 g/mol. The summed E-state index contributed by atoms with van der Waals surface area (Å²) < 4.78 is 10.5. The molecule has 1 aliphatic heterocycles. The predicted molar refractivity (Wildman–Crippen MR) is 120 cm³/mol. The molecule has 1 saturated heterocycles. The summed E-state index contributed by atoms with van der Waals surface area (Å²) in [6.45, 7) is 3.42. The topological polar surface area (TPSA) is 100 Å². The molecule has 1 fully saturated rings. The molecule has 0 bridgehead atoms. The minimum absolute atomic E-state index is 0.112. The molecule has 2 N–H and O–H groups in total. The third kappa shape index (κ3) is 5.90. The van der Waals surface area contributed by atoms with Gasteiger partial charge in [-0.1, -0.05) is 12.1 Å². The highest BCUT2D eigenvalue weighted by Gasteiger charge is 2.25. The van der Waals surface area contributed by atoms with Gasteiger partial charge in [0.1, 0.15) is 11.5 Å². The third-order valence-electron chi connectivity index (χ3n) is 5.19. The molecule has 2 aromatic rings. The van der Waals surface area contributed by atoms with Gasteiger partial charge in [-0.25, -0.2) is 4.79 Å². The van der Waals surface area contributed by atoms with Crippen LogP contribution in [0, 0.1) is 6.92 Å². The number of nitrogens with one attached hydrogen (secondary N) is 2. The Kier molecular flexibility index (Phi) is 7.54. The first kappa shape index (κ1) is 22.9. The number of methoxy groups -OCH3 is 2. The number of carbonyl (C=O) groups is 3. The molecule has 1 heterocycles. The van der Waals surface area contributed by atoms with Crippen molar-refractivity contribution < 1.29 is 23.9 Å². The van der Waals surface area contributed by atoms with Crippen molar-refractivity contribution in [3.05, 3.63) is 53.6 Å². The first-order valence-corrected chi connectivity index (χ1v) is 10.3. The Labute approximate surface area is 187 Å². The second-order valence-corrected chi connectivity index (χ2v) is 7.45. The van der Waals surface area contributed by atoms with E-state index in [9.17, 15) is 14.4 Å². The number of benzene rings is 2. The summed E-state index contributed by atoms with van der Waals surface area (Å²) in [6.07, 6.45) is 0. The van der Waals surface area contributed by atoms with E-state index in [1.54, 1.807) is 34.1 Å². The Morgan fingerprint density at radius 1 is 0.906 bits per heavy atom. The zero-order chi connectivity index (χ0) is 23.1. The van der Waals surface area contributed by atoms with Gasteiger partial charge in [0.05, 0.1) is 20.8 Å². The minimum Gasteiger partial charge on any atom is -0.497 e. The molecule has 2 aromatic carbocycles. The molecule has 32 heavy (non-hydrogen) atoms. The lowest BCUT2D eigenvalue weighted by Crippen LogP contribution is -2.52. The van der Waals surface area contributed by atoms with E-state index >= 15 is 0 Å². The fraction of sp³-hybridized carbons (Fsp3) is 0.348. The molecule has 1 aliphatic rings. The molecule has 0 aromatic heterocycles. The van der Waals surface area contributed by atoms with Crippen molar-refractivity contribution in [3.63, 3.8) is 0 Å². The number of hydrogen-bond acceptors (Lipinski definition) is 5. The molecule has 170 valence electrons. The zero-order valence-electron chi connectivity index (χ0n) is 18.5. The van der Waals surface area contributed by atoms with Crippen LogP contribution in [0.15, 0.2) is 42.5 Å². The Morgan fingerprint density at radius 2 is 1.53 bits per heavy atom. The highest BCUT2D eigenvalue weighted by molar-refractivity contribution is 5.95. The number of piperazine rings is 1. The van der Waals surface area contributed by atoms with Crippen LogP contribution < -0.4 is 20.1 Å². The molecule has 0 spiro atoms. The van der Waals surface area contributed by atoms with Crippen LogP contribution in [0.25, 0.3) is 0 Å². The van der Waals surface area contributed by atoms with E-state index < -0.39 is 6.03 Å². The lowest BCUT2D eigenvalue weighted by Gasteiger charge is -2.35. The molecular formula is C23H28N4O5. The first-order valence-electron chi connectivity index (χ1n) is 10.3. The van der Waals surface area contributed by atoms with Gasteiger partial charge in [-0.15, -0.1) is 0 Å². The SMILES string of the molecule is COc1cc(OC)cc(C(=O)N2CCN(C(=O)CNC(=O)Nc3cccc(C)c3)CC2)c1. The number of rotatable bonds is 6. The molecule has 0 aliphatic carbocycles. The van der Waals surface area contributed by atoms with E-state index in [0.717, 1.165) is 5.56 Å². The highest BCUT2D eigenvalue weighted by atomic mass is 16.5. The van der Waals surface area contributed by atoms with Gasteiger partial charge in [-0.05, 0) is 36.8 Å². The van der Waals surface area contributed by atoms with Gasteiger partial charge in [0.25, 0.3) is 5.91 Å². The van der Waals surface area contributed by atoms with Crippen LogP contribution >= 0.6 is 0 Å². The maximum atomic E-state index is 12.9. The van der Waals surface area contributed by atoms with Crippen LogP contribution in [-0.2, 0) is 4.79 Å². The number of amides is 4.